The fourth-order valence-electron chi connectivity index (χ4n) is 4.76. The van der Waals surface area contributed by atoms with Gasteiger partial charge in [0, 0.05) is 50.8 Å². The predicted octanol–water partition coefficient (Wildman–Crippen LogP) is 1.11. The summed E-state index contributed by atoms with van der Waals surface area (Å²) >= 11 is 0. The highest BCUT2D eigenvalue weighted by atomic mass is 16.3. The predicted molar refractivity (Wildman–Crippen MR) is 125 cm³/mol. The second kappa shape index (κ2) is 10.7. The number of imide groups is 1. The number of urea groups is 1. The van der Waals surface area contributed by atoms with Crippen molar-refractivity contribution in [1.82, 2.24) is 34.0 Å². The van der Waals surface area contributed by atoms with E-state index in [1.165, 1.54) is 4.90 Å². The third-order valence-corrected chi connectivity index (χ3v) is 6.43. The number of carbonyl (C=O) groups excluding carboxylic acids is 3. The molecule has 0 radical (unpaired) electrons. The highest BCUT2D eigenvalue weighted by Crippen LogP contribution is 2.38. The molecule has 0 aromatic carbocycles. The van der Waals surface area contributed by atoms with Crippen LogP contribution in [0.5, 0.6) is 0 Å². The number of aryl methyl sites for hydroxylation is 2. The fraction of sp³-hybridized carbons (Fsp3) is 0.565. The number of aromatic nitrogens is 4. The molecule has 1 spiro atoms. The summed E-state index contributed by atoms with van der Waals surface area (Å²) in [7, 11) is 1.83. The van der Waals surface area contributed by atoms with Gasteiger partial charge in [0.25, 0.3) is 12.4 Å². The largest absolute Gasteiger partial charge is 0.483 e. The van der Waals surface area contributed by atoms with Gasteiger partial charge in [-0.25, -0.2) is 9.78 Å². The van der Waals surface area contributed by atoms with E-state index in [4.69, 9.17) is 9.90 Å². The summed E-state index contributed by atoms with van der Waals surface area (Å²) in [4.78, 5) is 57.0. The van der Waals surface area contributed by atoms with E-state index < -0.39 is 5.54 Å². The lowest BCUT2D eigenvalue weighted by atomic mass is 9.85. The third kappa shape index (κ3) is 5.36. The van der Waals surface area contributed by atoms with E-state index in [0.717, 1.165) is 11.3 Å². The van der Waals surface area contributed by atoms with Crippen molar-refractivity contribution >= 4 is 24.3 Å². The second-order valence-corrected chi connectivity index (χ2v) is 9.34. The number of piperidine rings is 1. The van der Waals surface area contributed by atoms with Crippen LogP contribution in [0.15, 0.2) is 24.9 Å². The Labute approximate surface area is 204 Å². The highest BCUT2D eigenvalue weighted by Gasteiger charge is 2.58. The van der Waals surface area contributed by atoms with Gasteiger partial charge in [0.05, 0.1) is 18.6 Å². The number of amides is 4. The molecule has 190 valence electrons. The van der Waals surface area contributed by atoms with Crippen LogP contribution in [-0.2, 0) is 34.5 Å². The number of hydrogen-bond donors (Lipinski definition) is 1. The smallest absolute Gasteiger partial charge is 0.328 e. The molecule has 0 aliphatic carbocycles. The molecule has 2 aliphatic heterocycles. The first kappa shape index (κ1) is 25.9. The quantitative estimate of drug-likeness (QED) is 0.476. The van der Waals surface area contributed by atoms with Gasteiger partial charge in [-0.15, -0.1) is 0 Å². The molecule has 4 rings (SSSR count). The van der Waals surface area contributed by atoms with Crippen LogP contribution in [0.3, 0.4) is 0 Å². The van der Waals surface area contributed by atoms with E-state index in [9.17, 15) is 14.4 Å². The Kier molecular flexibility index (Phi) is 7.92. The zero-order valence-electron chi connectivity index (χ0n) is 20.6. The molecule has 0 saturated carbocycles. The Bertz CT molecular complexity index is 1050. The van der Waals surface area contributed by atoms with Gasteiger partial charge in [0.1, 0.15) is 12.1 Å². The van der Waals surface area contributed by atoms with E-state index in [2.05, 4.69) is 10.1 Å². The first-order valence-electron chi connectivity index (χ1n) is 11.6. The number of carboxylic acid groups (broad SMARTS) is 1. The van der Waals surface area contributed by atoms with E-state index in [-0.39, 0.29) is 43.3 Å². The third-order valence-electron chi connectivity index (χ3n) is 6.43. The van der Waals surface area contributed by atoms with Crippen molar-refractivity contribution in [3.63, 3.8) is 0 Å². The van der Waals surface area contributed by atoms with Crippen LogP contribution < -0.4 is 0 Å². The molecule has 0 bridgehead atoms. The molecular weight excluding hydrogens is 454 g/mol. The molecule has 2 saturated heterocycles. The van der Waals surface area contributed by atoms with Gasteiger partial charge in [-0.1, -0.05) is 13.8 Å². The normalized spacial score (nSPS) is 17.2. The summed E-state index contributed by atoms with van der Waals surface area (Å²) in [5.41, 5.74) is 0.788. The summed E-state index contributed by atoms with van der Waals surface area (Å²) in [6.07, 6.45) is 7.76. The molecule has 35 heavy (non-hydrogen) atoms. The number of nitrogens with zero attached hydrogens (tertiary/aromatic N) is 7. The minimum Gasteiger partial charge on any atom is -0.483 e. The van der Waals surface area contributed by atoms with Gasteiger partial charge < -0.3 is 19.5 Å². The summed E-state index contributed by atoms with van der Waals surface area (Å²) in [5, 5.41) is 11.2. The highest BCUT2D eigenvalue weighted by molar-refractivity contribution is 6.07. The lowest BCUT2D eigenvalue weighted by molar-refractivity contribution is -0.141. The fourth-order valence-corrected chi connectivity index (χ4v) is 4.76. The van der Waals surface area contributed by atoms with Crippen molar-refractivity contribution in [2.75, 3.05) is 19.6 Å². The molecule has 0 atom stereocenters. The van der Waals surface area contributed by atoms with E-state index in [1.807, 2.05) is 34.0 Å². The zero-order valence-corrected chi connectivity index (χ0v) is 20.6. The number of likely N-dealkylation sites (tertiary alicyclic amines) is 1. The molecule has 2 aliphatic rings. The number of imidazole rings is 1. The molecule has 2 fully saturated rings. The van der Waals surface area contributed by atoms with Crippen LogP contribution in [0.1, 0.15) is 37.9 Å². The summed E-state index contributed by atoms with van der Waals surface area (Å²) in [6.45, 7) is 7.57. The number of carbonyl (C=O) groups is 4. The van der Waals surface area contributed by atoms with Gasteiger partial charge in [-0.2, -0.15) is 5.10 Å². The van der Waals surface area contributed by atoms with E-state index >= 15 is 0 Å². The van der Waals surface area contributed by atoms with Crippen LogP contribution in [0.2, 0.25) is 0 Å². The van der Waals surface area contributed by atoms with Gasteiger partial charge in [0.2, 0.25) is 5.91 Å². The standard InChI is InChI=1S/C22H31N7O3.CH2O2/c1-16(2)11-29-21(32)28(13-18-12-25(4)24-17(18)3)20(31)22(29)5-8-27(9-6-22)19(30)14-26-10-7-23-15-26;2-1-3/h7,10,12,15-16H,5-6,8-9,11,13-14H2,1-4H3;1H,(H,2,3). The molecule has 4 heterocycles. The molecule has 2 aromatic rings. The molecule has 1 N–H and O–H groups in total. The average molecular weight is 488 g/mol. The zero-order chi connectivity index (χ0) is 25.8. The second-order valence-electron chi connectivity index (χ2n) is 9.34. The van der Waals surface area contributed by atoms with Gasteiger partial charge in [-0.3, -0.25) is 24.0 Å². The van der Waals surface area contributed by atoms with Gasteiger partial charge in [0.15, 0.2) is 0 Å². The van der Waals surface area contributed by atoms with Crippen molar-refractivity contribution in [2.45, 2.75) is 52.2 Å². The molecule has 12 heteroatoms. The Morgan fingerprint density at radius 3 is 2.43 bits per heavy atom. The van der Waals surface area contributed by atoms with Crippen LogP contribution in [0.4, 0.5) is 4.79 Å². The summed E-state index contributed by atoms with van der Waals surface area (Å²) < 4.78 is 3.43. The Morgan fingerprint density at radius 1 is 1.26 bits per heavy atom. The van der Waals surface area contributed by atoms with E-state index in [1.54, 1.807) is 37.8 Å². The van der Waals surface area contributed by atoms with Crippen molar-refractivity contribution in [3.05, 3.63) is 36.2 Å². The number of rotatable bonds is 6. The molecular formula is C23H33N7O5. The SMILES string of the molecule is Cc1nn(C)cc1CN1C(=O)N(CC(C)C)C2(CCN(C(=O)Cn3ccnc3)CC2)C1=O.O=CO. The first-order valence-corrected chi connectivity index (χ1v) is 11.6. The summed E-state index contributed by atoms with van der Waals surface area (Å²) in [6, 6.07) is -0.245. The van der Waals surface area contributed by atoms with Crippen LogP contribution in [0, 0.1) is 12.8 Å². The maximum atomic E-state index is 13.7. The Hall–Kier alpha value is -3.70. The van der Waals surface area contributed by atoms with Crippen LogP contribution in [-0.4, -0.2) is 88.6 Å². The monoisotopic (exact) mass is 487 g/mol. The number of hydrogen-bond acceptors (Lipinski definition) is 6. The van der Waals surface area contributed by atoms with Crippen molar-refractivity contribution in [3.8, 4) is 0 Å². The van der Waals surface area contributed by atoms with Crippen molar-refractivity contribution < 1.29 is 24.3 Å². The maximum absolute atomic E-state index is 13.7. The maximum Gasteiger partial charge on any atom is 0.328 e. The van der Waals surface area contributed by atoms with Crippen LogP contribution >= 0.6 is 0 Å². The van der Waals surface area contributed by atoms with Crippen molar-refractivity contribution in [1.29, 1.82) is 0 Å². The van der Waals surface area contributed by atoms with Gasteiger partial charge >= 0.3 is 6.03 Å². The Morgan fingerprint density at radius 2 is 1.91 bits per heavy atom. The average Bonchev–Trinajstić information content (AvgIpc) is 3.47. The lowest BCUT2D eigenvalue weighted by Crippen LogP contribution is -2.58. The topological polar surface area (TPSA) is 134 Å². The van der Waals surface area contributed by atoms with E-state index in [0.29, 0.717) is 32.5 Å². The lowest BCUT2D eigenvalue weighted by Gasteiger charge is -2.42. The molecule has 12 nitrogen and oxygen atoms in total. The molecule has 0 unspecified atom stereocenters. The van der Waals surface area contributed by atoms with Crippen LogP contribution in [0.25, 0.3) is 0 Å². The summed E-state index contributed by atoms with van der Waals surface area (Å²) in [5.74, 6) is 0.0607. The minimum absolute atomic E-state index is 0.00660. The molecule has 4 amide bonds. The van der Waals surface area contributed by atoms with Crippen molar-refractivity contribution in [2.24, 2.45) is 13.0 Å². The molecule has 2 aromatic heterocycles. The Balaban J connectivity index is 0.00000108. The first-order chi connectivity index (χ1) is 16.6. The minimum atomic E-state index is -0.886. The van der Waals surface area contributed by atoms with Gasteiger partial charge in [-0.05, 0) is 25.7 Å².